The van der Waals surface area contributed by atoms with Gasteiger partial charge in [-0.15, -0.1) is 0 Å². The van der Waals surface area contributed by atoms with Crippen LogP contribution in [0.3, 0.4) is 0 Å². The minimum Gasteiger partial charge on any atom is -0.353 e. The van der Waals surface area contributed by atoms with Crippen molar-refractivity contribution in [2.24, 2.45) is 0 Å². The predicted molar refractivity (Wildman–Crippen MR) is 107 cm³/mol. The third-order valence-corrected chi connectivity index (χ3v) is 5.93. The Morgan fingerprint density at radius 3 is 2.69 bits per heavy atom. The number of carbonyl (C=O) groups is 1. The molecule has 0 radical (unpaired) electrons. The second-order valence-corrected chi connectivity index (χ2v) is 7.87. The molecule has 2 aromatic rings. The minimum atomic E-state index is 0.114. The SMILES string of the molecule is O=C(c1cccnc1N1CCN[C@@H](c2ccccc2)C1)N1CCSCC1. The fourth-order valence-corrected chi connectivity index (χ4v) is 4.51. The topological polar surface area (TPSA) is 48.5 Å². The number of anilines is 1. The van der Waals surface area contributed by atoms with E-state index in [2.05, 4.69) is 39.5 Å². The fraction of sp³-hybridized carbons (Fsp3) is 0.400. The smallest absolute Gasteiger partial charge is 0.257 e. The standard InChI is InChI=1S/C20H24N4OS/c25-20(23-11-13-26-14-12-23)17-7-4-8-22-19(17)24-10-9-21-18(15-24)16-5-2-1-3-6-16/h1-8,18,21H,9-15H2/t18-/m1/s1. The summed E-state index contributed by atoms with van der Waals surface area (Å²) in [4.78, 5) is 21.9. The number of nitrogens with one attached hydrogen (secondary N) is 1. The molecular formula is C20H24N4OS. The summed E-state index contributed by atoms with van der Waals surface area (Å²) in [6.45, 7) is 4.20. The normalized spacial score (nSPS) is 20.8. The molecule has 0 unspecified atom stereocenters. The van der Waals surface area contributed by atoms with Crippen LogP contribution in [0.5, 0.6) is 0 Å². The second kappa shape index (κ2) is 8.10. The van der Waals surface area contributed by atoms with E-state index in [0.29, 0.717) is 0 Å². The lowest BCUT2D eigenvalue weighted by atomic mass is 10.0. The van der Waals surface area contributed by atoms with Gasteiger partial charge >= 0.3 is 0 Å². The first kappa shape index (κ1) is 17.4. The van der Waals surface area contributed by atoms with Crippen molar-refractivity contribution in [3.63, 3.8) is 0 Å². The molecule has 2 aliphatic heterocycles. The van der Waals surface area contributed by atoms with E-state index in [1.807, 2.05) is 34.9 Å². The maximum Gasteiger partial charge on any atom is 0.257 e. The van der Waals surface area contributed by atoms with Crippen molar-refractivity contribution < 1.29 is 4.79 Å². The molecule has 26 heavy (non-hydrogen) atoms. The van der Waals surface area contributed by atoms with Gasteiger partial charge in [0.2, 0.25) is 0 Å². The first-order valence-corrected chi connectivity index (χ1v) is 10.3. The van der Waals surface area contributed by atoms with Crippen LogP contribution < -0.4 is 10.2 Å². The molecule has 1 amide bonds. The van der Waals surface area contributed by atoms with Crippen molar-refractivity contribution in [3.05, 3.63) is 59.8 Å². The Balaban J connectivity index is 1.56. The molecule has 136 valence electrons. The molecule has 4 rings (SSSR count). The number of rotatable bonds is 3. The van der Waals surface area contributed by atoms with Crippen molar-refractivity contribution in [1.82, 2.24) is 15.2 Å². The number of piperazine rings is 1. The van der Waals surface area contributed by atoms with Gasteiger partial charge in [-0.05, 0) is 17.7 Å². The van der Waals surface area contributed by atoms with Gasteiger partial charge in [-0.2, -0.15) is 11.8 Å². The zero-order chi connectivity index (χ0) is 17.8. The monoisotopic (exact) mass is 368 g/mol. The first-order chi connectivity index (χ1) is 12.8. The molecule has 0 saturated carbocycles. The Morgan fingerprint density at radius 1 is 1.08 bits per heavy atom. The van der Waals surface area contributed by atoms with E-state index in [0.717, 1.165) is 55.6 Å². The molecule has 1 aromatic carbocycles. The fourth-order valence-electron chi connectivity index (χ4n) is 3.60. The molecule has 5 nitrogen and oxygen atoms in total. The van der Waals surface area contributed by atoms with Gasteiger partial charge in [0.25, 0.3) is 5.91 Å². The highest BCUT2D eigenvalue weighted by molar-refractivity contribution is 7.99. The van der Waals surface area contributed by atoms with Crippen LogP contribution in [0.4, 0.5) is 5.82 Å². The summed E-state index contributed by atoms with van der Waals surface area (Å²) in [5.74, 6) is 2.97. The van der Waals surface area contributed by atoms with Gasteiger partial charge < -0.3 is 15.1 Å². The second-order valence-electron chi connectivity index (χ2n) is 6.64. The molecule has 1 N–H and O–H groups in total. The van der Waals surface area contributed by atoms with E-state index < -0.39 is 0 Å². The van der Waals surface area contributed by atoms with Crippen molar-refractivity contribution in [2.45, 2.75) is 6.04 Å². The number of amides is 1. The average Bonchev–Trinajstić information content (AvgIpc) is 2.74. The summed E-state index contributed by atoms with van der Waals surface area (Å²) in [7, 11) is 0. The Bertz CT molecular complexity index is 748. The van der Waals surface area contributed by atoms with Gasteiger partial charge in [-0.25, -0.2) is 4.98 Å². The third-order valence-electron chi connectivity index (χ3n) is 4.99. The minimum absolute atomic E-state index is 0.114. The van der Waals surface area contributed by atoms with E-state index in [4.69, 9.17) is 0 Å². The molecular weight excluding hydrogens is 344 g/mol. The van der Waals surface area contributed by atoms with Crippen LogP contribution in [0.15, 0.2) is 48.7 Å². The summed E-state index contributed by atoms with van der Waals surface area (Å²) in [6, 6.07) is 14.5. The van der Waals surface area contributed by atoms with Crippen LogP contribution in [0.1, 0.15) is 22.0 Å². The van der Waals surface area contributed by atoms with E-state index in [1.165, 1.54) is 5.56 Å². The van der Waals surface area contributed by atoms with Gasteiger partial charge in [0.05, 0.1) is 5.56 Å². The molecule has 0 spiro atoms. The van der Waals surface area contributed by atoms with Gasteiger partial charge in [-0.3, -0.25) is 4.79 Å². The lowest BCUT2D eigenvalue weighted by Crippen LogP contribution is -2.47. The largest absolute Gasteiger partial charge is 0.353 e. The van der Waals surface area contributed by atoms with Gasteiger partial charge in [0.1, 0.15) is 5.82 Å². The Morgan fingerprint density at radius 2 is 1.88 bits per heavy atom. The van der Waals surface area contributed by atoms with Crippen LogP contribution in [0.2, 0.25) is 0 Å². The van der Waals surface area contributed by atoms with Crippen LogP contribution >= 0.6 is 11.8 Å². The highest BCUT2D eigenvalue weighted by atomic mass is 32.2. The number of thioether (sulfide) groups is 1. The summed E-state index contributed by atoms with van der Waals surface area (Å²) < 4.78 is 0. The third kappa shape index (κ3) is 3.71. The van der Waals surface area contributed by atoms with E-state index >= 15 is 0 Å². The van der Waals surface area contributed by atoms with Crippen LogP contribution in [-0.4, -0.2) is 60.0 Å². The molecule has 1 aromatic heterocycles. The van der Waals surface area contributed by atoms with E-state index in [1.54, 1.807) is 6.20 Å². The molecule has 2 aliphatic rings. The Kier molecular flexibility index (Phi) is 5.41. The molecule has 6 heteroatoms. The number of hydrogen-bond acceptors (Lipinski definition) is 5. The van der Waals surface area contributed by atoms with E-state index in [9.17, 15) is 4.79 Å². The first-order valence-electron chi connectivity index (χ1n) is 9.18. The average molecular weight is 369 g/mol. The molecule has 0 bridgehead atoms. The summed E-state index contributed by atoms with van der Waals surface area (Å²) in [5.41, 5.74) is 2.00. The van der Waals surface area contributed by atoms with Crippen LogP contribution in [0, 0.1) is 0 Å². The highest BCUT2D eigenvalue weighted by Crippen LogP contribution is 2.25. The molecule has 1 atom stereocenters. The number of carbonyl (C=O) groups excluding carboxylic acids is 1. The summed E-state index contributed by atoms with van der Waals surface area (Å²) in [6.07, 6.45) is 1.79. The zero-order valence-corrected chi connectivity index (χ0v) is 15.6. The van der Waals surface area contributed by atoms with Crippen LogP contribution in [-0.2, 0) is 0 Å². The number of aromatic nitrogens is 1. The van der Waals surface area contributed by atoms with Crippen molar-refractivity contribution in [2.75, 3.05) is 49.1 Å². The number of hydrogen-bond donors (Lipinski definition) is 1. The maximum absolute atomic E-state index is 13.0. The Hall–Kier alpha value is -2.05. The lowest BCUT2D eigenvalue weighted by Gasteiger charge is -2.36. The van der Waals surface area contributed by atoms with Gasteiger partial charge in [0.15, 0.2) is 0 Å². The van der Waals surface area contributed by atoms with E-state index in [-0.39, 0.29) is 11.9 Å². The molecule has 3 heterocycles. The molecule has 2 fully saturated rings. The zero-order valence-electron chi connectivity index (χ0n) is 14.8. The van der Waals surface area contributed by atoms with Crippen molar-refractivity contribution in [1.29, 1.82) is 0 Å². The highest BCUT2D eigenvalue weighted by Gasteiger charge is 2.27. The van der Waals surface area contributed by atoms with Crippen molar-refractivity contribution >= 4 is 23.5 Å². The molecule has 2 saturated heterocycles. The molecule has 0 aliphatic carbocycles. The number of benzene rings is 1. The number of nitrogens with zero attached hydrogens (tertiary/aromatic N) is 3. The van der Waals surface area contributed by atoms with Crippen LogP contribution in [0.25, 0.3) is 0 Å². The van der Waals surface area contributed by atoms with Gasteiger partial charge in [-0.1, -0.05) is 30.3 Å². The van der Waals surface area contributed by atoms with Gasteiger partial charge in [0, 0.05) is 56.5 Å². The maximum atomic E-state index is 13.0. The summed E-state index contributed by atoms with van der Waals surface area (Å²) in [5, 5.41) is 3.58. The summed E-state index contributed by atoms with van der Waals surface area (Å²) >= 11 is 1.91. The van der Waals surface area contributed by atoms with Crippen molar-refractivity contribution in [3.8, 4) is 0 Å². The predicted octanol–water partition coefficient (Wildman–Crippen LogP) is 2.42. The Labute approximate surface area is 158 Å². The lowest BCUT2D eigenvalue weighted by molar-refractivity contribution is 0.0772. The number of pyridine rings is 1. The quantitative estimate of drug-likeness (QED) is 0.902.